The monoisotopic (exact) mass is 484 g/mol. The van der Waals surface area contributed by atoms with E-state index in [2.05, 4.69) is 39.8 Å². The molecule has 0 unspecified atom stereocenters. The number of nitrogens with one attached hydrogen (secondary N) is 1. The summed E-state index contributed by atoms with van der Waals surface area (Å²) in [5.74, 6) is -0.259. The molecule has 3 heterocycles. The van der Waals surface area contributed by atoms with Crippen LogP contribution in [0.2, 0.25) is 0 Å². The molecule has 5 rings (SSSR count). The Kier molecular flexibility index (Phi) is 6.69. The normalized spacial score (nSPS) is 17.8. The van der Waals surface area contributed by atoms with Crippen molar-refractivity contribution in [2.45, 2.75) is 51.2 Å². The summed E-state index contributed by atoms with van der Waals surface area (Å²) in [5, 5.41) is 22.4. The van der Waals surface area contributed by atoms with Gasteiger partial charge in [0.15, 0.2) is 0 Å². The lowest BCUT2D eigenvalue weighted by Crippen LogP contribution is -2.45. The molecule has 186 valence electrons. The van der Waals surface area contributed by atoms with E-state index in [0.29, 0.717) is 24.2 Å². The summed E-state index contributed by atoms with van der Waals surface area (Å²) in [5.41, 5.74) is 6.92. The van der Waals surface area contributed by atoms with Gasteiger partial charge in [0.1, 0.15) is 11.4 Å². The lowest BCUT2D eigenvalue weighted by atomic mass is 9.92. The van der Waals surface area contributed by atoms with Crippen molar-refractivity contribution in [3.63, 3.8) is 0 Å². The van der Waals surface area contributed by atoms with Gasteiger partial charge in [-0.25, -0.2) is 4.98 Å². The molecule has 0 bridgehead atoms. The molecule has 0 saturated heterocycles. The van der Waals surface area contributed by atoms with Crippen molar-refractivity contribution in [1.82, 2.24) is 29.9 Å². The highest BCUT2D eigenvalue weighted by molar-refractivity contribution is 5.93. The van der Waals surface area contributed by atoms with E-state index < -0.39 is 6.10 Å². The molecule has 1 amide bonds. The van der Waals surface area contributed by atoms with E-state index in [1.807, 2.05) is 51.6 Å². The topological polar surface area (TPSA) is 97.9 Å². The highest BCUT2D eigenvalue weighted by atomic mass is 16.3. The first-order valence-corrected chi connectivity index (χ1v) is 12.5. The van der Waals surface area contributed by atoms with Crippen LogP contribution < -0.4 is 5.32 Å². The Morgan fingerprint density at radius 2 is 1.67 bits per heavy atom. The van der Waals surface area contributed by atoms with Crippen LogP contribution in [0.1, 0.15) is 52.9 Å². The van der Waals surface area contributed by atoms with Crippen LogP contribution >= 0.6 is 0 Å². The molecule has 1 aromatic carbocycles. The maximum atomic E-state index is 13.2. The molecule has 0 spiro atoms. The lowest BCUT2D eigenvalue weighted by Gasteiger charge is -2.28. The Morgan fingerprint density at radius 3 is 2.31 bits per heavy atom. The van der Waals surface area contributed by atoms with Gasteiger partial charge in [-0.1, -0.05) is 37.1 Å². The number of benzene rings is 1. The third kappa shape index (κ3) is 5.09. The summed E-state index contributed by atoms with van der Waals surface area (Å²) in [7, 11) is 3.77. The number of nitrogens with zero attached hydrogens (tertiary/aromatic N) is 5. The van der Waals surface area contributed by atoms with Gasteiger partial charge in [-0.15, -0.1) is 0 Å². The van der Waals surface area contributed by atoms with Crippen LogP contribution in [-0.4, -0.2) is 47.7 Å². The standard InChI is InChI=1S/C28H32N6O2/c1-18-21(16-19-8-10-20(11-9-19)22-12-14-33(2)31-22)17-25(29-27(18)24-13-15-34(3)32-24)28(36)30-23-6-4-5-7-26(23)35/h8-15,17,23,26,35H,4-7,16H2,1-3H3,(H,30,36)/t23-,26-/m0/s1. The zero-order chi connectivity index (χ0) is 25.2. The number of carbonyl (C=O) groups is 1. The summed E-state index contributed by atoms with van der Waals surface area (Å²) in [6.07, 6.45) is 7.43. The van der Waals surface area contributed by atoms with E-state index in [1.54, 1.807) is 9.36 Å². The number of aryl methyl sites for hydroxylation is 2. The number of hydrogen-bond donors (Lipinski definition) is 2. The highest BCUT2D eigenvalue weighted by Gasteiger charge is 2.26. The Hall–Kier alpha value is -3.78. The second-order valence-electron chi connectivity index (χ2n) is 9.69. The van der Waals surface area contributed by atoms with Crippen LogP contribution in [0.4, 0.5) is 0 Å². The predicted molar refractivity (Wildman–Crippen MR) is 138 cm³/mol. The van der Waals surface area contributed by atoms with Crippen LogP contribution in [0.15, 0.2) is 54.9 Å². The molecule has 36 heavy (non-hydrogen) atoms. The zero-order valence-corrected chi connectivity index (χ0v) is 21.0. The van der Waals surface area contributed by atoms with Crippen molar-refractivity contribution in [2.24, 2.45) is 14.1 Å². The number of aromatic nitrogens is 5. The Balaban J connectivity index is 1.46. The van der Waals surface area contributed by atoms with Crippen LogP contribution in [0.5, 0.6) is 0 Å². The summed E-state index contributed by atoms with van der Waals surface area (Å²) < 4.78 is 3.53. The molecule has 1 saturated carbocycles. The second-order valence-corrected chi connectivity index (χ2v) is 9.69. The van der Waals surface area contributed by atoms with Gasteiger partial charge in [0.05, 0.1) is 23.5 Å². The largest absolute Gasteiger partial charge is 0.391 e. The summed E-state index contributed by atoms with van der Waals surface area (Å²) in [4.78, 5) is 18.0. The SMILES string of the molecule is Cc1c(Cc2ccc(-c3ccn(C)n3)cc2)cc(C(=O)N[C@H]2CCCC[C@@H]2O)nc1-c1ccn(C)n1. The van der Waals surface area contributed by atoms with Gasteiger partial charge in [-0.05, 0) is 61.1 Å². The number of aliphatic hydroxyl groups is 1. The van der Waals surface area contributed by atoms with Crippen molar-refractivity contribution in [3.05, 3.63) is 77.2 Å². The molecule has 3 aromatic heterocycles. The van der Waals surface area contributed by atoms with Crippen LogP contribution in [-0.2, 0) is 20.5 Å². The van der Waals surface area contributed by atoms with Gasteiger partial charge < -0.3 is 10.4 Å². The average molecular weight is 485 g/mol. The van der Waals surface area contributed by atoms with E-state index in [1.165, 1.54) is 0 Å². The number of pyridine rings is 1. The van der Waals surface area contributed by atoms with E-state index in [-0.39, 0.29) is 11.9 Å². The van der Waals surface area contributed by atoms with Crippen molar-refractivity contribution in [1.29, 1.82) is 0 Å². The first-order valence-electron chi connectivity index (χ1n) is 12.5. The first-order chi connectivity index (χ1) is 17.4. The fraction of sp³-hybridized carbons (Fsp3) is 0.357. The van der Waals surface area contributed by atoms with Gasteiger partial charge in [-0.3, -0.25) is 14.2 Å². The Morgan fingerprint density at radius 1 is 1.00 bits per heavy atom. The zero-order valence-electron chi connectivity index (χ0n) is 21.0. The second kappa shape index (κ2) is 10.1. The van der Waals surface area contributed by atoms with Crippen LogP contribution in [0.3, 0.4) is 0 Å². The van der Waals surface area contributed by atoms with E-state index >= 15 is 0 Å². The van der Waals surface area contributed by atoms with E-state index in [4.69, 9.17) is 4.98 Å². The number of hydrogen-bond acceptors (Lipinski definition) is 5. The van der Waals surface area contributed by atoms with Crippen LogP contribution in [0.25, 0.3) is 22.6 Å². The molecular formula is C28H32N6O2. The van der Waals surface area contributed by atoms with Crippen molar-refractivity contribution < 1.29 is 9.90 Å². The Labute approximate surface area is 211 Å². The smallest absolute Gasteiger partial charge is 0.270 e. The van der Waals surface area contributed by atoms with Crippen molar-refractivity contribution >= 4 is 5.91 Å². The maximum Gasteiger partial charge on any atom is 0.270 e. The minimum atomic E-state index is -0.513. The molecule has 0 radical (unpaired) electrons. The van der Waals surface area contributed by atoms with E-state index in [0.717, 1.165) is 52.9 Å². The molecule has 1 aliphatic carbocycles. The number of carbonyl (C=O) groups excluding carboxylic acids is 1. The summed E-state index contributed by atoms with van der Waals surface area (Å²) in [6.45, 7) is 2.03. The average Bonchev–Trinajstić information content (AvgIpc) is 3.50. The summed E-state index contributed by atoms with van der Waals surface area (Å²) in [6, 6.07) is 13.9. The fourth-order valence-electron chi connectivity index (χ4n) is 4.86. The third-order valence-corrected chi connectivity index (χ3v) is 6.97. The van der Waals surface area contributed by atoms with Crippen molar-refractivity contribution in [2.75, 3.05) is 0 Å². The minimum absolute atomic E-state index is 0.241. The molecule has 8 nitrogen and oxygen atoms in total. The lowest BCUT2D eigenvalue weighted by molar-refractivity contribution is 0.0714. The van der Waals surface area contributed by atoms with Gasteiger partial charge in [0.25, 0.3) is 5.91 Å². The first kappa shape index (κ1) is 23.9. The molecule has 4 aromatic rings. The molecule has 1 fully saturated rings. The van der Waals surface area contributed by atoms with Gasteiger partial charge in [0, 0.05) is 32.1 Å². The van der Waals surface area contributed by atoms with E-state index in [9.17, 15) is 9.90 Å². The molecular weight excluding hydrogens is 452 g/mol. The molecule has 0 aliphatic heterocycles. The molecule has 1 aliphatic rings. The maximum absolute atomic E-state index is 13.2. The minimum Gasteiger partial charge on any atom is -0.391 e. The van der Waals surface area contributed by atoms with Gasteiger partial charge in [-0.2, -0.15) is 10.2 Å². The highest BCUT2D eigenvalue weighted by Crippen LogP contribution is 2.27. The summed E-state index contributed by atoms with van der Waals surface area (Å²) >= 11 is 0. The van der Waals surface area contributed by atoms with Gasteiger partial charge >= 0.3 is 0 Å². The fourth-order valence-corrected chi connectivity index (χ4v) is 4.86. The number of aliphatic hydroxyl groups excluding tert-OH is 1. The van der Waals surface area contributed by atoms with Crippen LogP contribution in [0, 0.1) is 6.92 Å². The molecule has 2 atom stereocenters. The molecule has 2 N–H and O–H groups in total. The predicted octanol–water partition coefficient (Wildman–Crippen LogP) is 3.82. The Bertz CT molecular complexity index is 1370. The molecule has 8 heteroatoms. The van der Waals surface area contributed by atoms with Crippen molar-refractivity contribution in [3.8, 4) is 22.6 Å². The van der Waals surface area contributed by atoms with Gasteiger partial charge in [0.2, 0.25) is 0 Å². The third-order valence-electron chi connectivity index (χ3n) is 6.97. The number of amides is 1. The number of rotatable bonds is 6. The quantitative estimate of drug-likeness (QED) is 0.434.